The van der Waals surface area contributed by atoms with E-state index in [2.05, 4.69) is 9.82 Å². The van der Waals surface area contributed by atoms with E-state index >= 15 is 0 Å². The highest BCUT2D eigenvalue weighted by atomic mass is 32.2. The van der Waals surface area contributed by atoms with Crippen molar-refractivity contribution in [2.45, 2.75) is 16.7 Å². The zero-order valence-electron chi connectivity index (χ0n) is 14.4. The van der Waals surface area contributed by atoms with E-state index in [1.54, 1.807) is 14.0 Å². The van der Waals surface area contributed by atoms with Crippen LogP contribution < -0.4 is 4.72 Å². The maximum atomic E-state index is 12.7. The number of hydrogen-bond donors (Lipinski definition) is 1. The summed E-state index contributed by atoms with van der Waals surface area (Å²) in [6.07, 6.45) is 1.26. The molecule has 0 amide bonds. The van der Waals surface area contributed by atoms with Crippen LogP contribution in [-0.2, 0) is 31.8 Å². The number of nitrogens with one attached hydrogen (secondary N) is 1. The Balaban J connectivity index is 1.89. The molecule has 1 saturated heterocycles. The maximum absolute atomic E-state index is 12.7. The molecule has 26 heavy (non-hydrogen) atoms. The van der Waals surface area contributed by atoms with E-state index in [-0.39, 0.29) is 28.6 Å². The smallest absolute Gasteiger partial charge is 0.265 e. The molecule has 0 aliphatic carbocycles. The Hall–Kier alpha value is -1.95. The van der Waals surface area contributed by atoms with Gasteiger partial charge in [-0.15, -0.1) is 0 Å². The van der Waals surface area contributed by atoms with Gasteiger partial charge in [-0.3, -0.25) is 9.40 Å². The van der Waals surface area contributed by atoms with Crippen molar-refractivity contribution in [3.63, 3.8) is 0 Å². The molecule has 0 saturated carbocycles. The van der Waals surface area contributed by atoms with Gasteiger partial charge in [-0.25, -0.2) is 16.8 Å². The van der Waals surface area contributed by atoms with Crippen LogP contribution in [0.2, 0.25) is 0 Å². The Bertz CT molecular complexity index is 1010. The molecular formula is C15H20N4O5S2. The third kappa shape index (κ3) is 3.61. The molecule has 3 rings (SSSR count). The van der Waals surface area contributed by atoms with Gasteiger partial charge in [-0.05, 0) is 25.1 Å². The van der Waals surface area contributed by atoms with E-state index < -0.39 is 20.0 Å². The number of anilines is 1. The van der Waals surface area contributed by atoms with Gasteiger partial charge in [-0.1, -0.05) is 6.07 Å². The Labute approximate surface area is 152 Å². The van der Waals surface area contributed by atoms with Gasteiger partial charge in [-0.2, -0.15) is 9.40 Å². The molecule has 0 atom stereocenters. The number of nitrogens with zero attached hydrogens (tertiary/aromatic N) is 3. The lowest BCUT2D eigenvalue weighted by Crippen LogP contribution is -2.40. The van der Waals surface area contributed by atoms with Crippen LogP contribution in [0.1, 0.15) is 5.69 Å². The van der Waals surface area contributed by atoms with Crippen molar-refractivity contribution < 1.29 is 21.6 Å². The minimum atomic E-state index is -3.87. The van der Waals surface area contributed by atoms with Gasteiger partial charge in [0.1, 0.15) is 4.90 Å². The number of benzene rings is 1. The van der Waals surface area contributed by atoms with Gasteiger partial charge >= 0.3 is 0 Å². The summed E-state index contributed by atoms with van der Waals surface area (Å²) >= 11 is 0. The Morgan fingerprint density at radius 3 is 2.46 bits per heavy atom. The number of aromatic nitrogens is 2. The van der Waals surface area contributed by atoms with Crippen LogP contribution in [-0.4, -0.2) is 57.2 Å². The molecule has 1 aliphatic rings. The molecule has 0 spiro atoms. The van der Waals surface area contributed by atoms with Crippen LogP contribution in [0.5, 0.6) is 0 Å². The molecule has 11 heteroatoms. The minimum absolute atomic E-state index is 0.0301. The normalized spacial score (nSPS) is 16.5. The molecule has 0 radical (unpaired) electrons. The molecule has 0 unspecified atom stereocenters. The van der Waals surface area contributed by atoms with Gasteiger partial charge in [0.25, 0.3) is 10.0 Å². The largest absolute Gasteiger partial charge is 0.379 e. The number of ether oxygens (including phenoxy) is 1. The predicted octanol–water partition coefficient (Wildman–Crippen LogP) is 0.550. The zero-order chi connectivity index (χ0) is 18.9. The SMILES string of the molecule is Cc1c(S(=O)(=O)Nc2cccc(S(=O)(=O)N3CCOCC3)c2)cnn1C. The minimum Gasteiger partial charge on any atom is -0.379 e. The van der Waals surface area contributed by atoms with E-state index in [0.717, 1.165) is 0 Å². The van der Waals surface area contributed by atoms with Gasteiger partial charge < -0.3 is 4.74 Å². The number of aryl methyl sites for hydroxylation is 1. The van der Waals surface area contributed by atoms with E-state index in [4.69, 9.17) is 4.74 Å². The van der Waals surface area contributed by atoms with Crippen LogP contribution in [0.3, 0.4) is 0 Å². The van der Waals surface area contributed by atoms with Crippen LogP contribution >= 0.6 is 0 Å². The molecule has 142 valence electrons. The third-order valence-electron chi connectivity index (χ3n) is 4.17. The summed E-state index contributed by atoms with van der Waals surface area (Å²) in [5.41, 5.74) is 0.650. The summed E-state index contributed by atoms with van der Waals surface area (Å²) in [5.74, 6) is 0. The van der Waals surface area contributed by atoms with Crippen molar-refractivity contribution in [3.05, 3.63) is 36.2 Å². The molecule has 1 N–H and O–H groups in total. The molecule has 1 aromatic carbocycles. The van der Waals surface area contributed by atoms with Crippen molar-refractivity contribution in [1.29, 1.82) is 0 Å². The first-order valence-electron chi connectivity index (χ1n) is 7.91. The fourth-order valence-electron chi connectivity index (χ4n) is 2.61. The summed E-state index contributed by atoms with van der Waals surface area (Å²) in [4.78, 5) is 0.0731. The molecule has 0 bridgehead atoms. The lowest BCUT2D eigenvalue weighted by atomic mass is 10.3. The lowest BCUT2D eigenvalue weighted by Gasteiger charge is -2.26. The van der Waals surface area contributed by atoms with Gasteiger partial charge in [0.05, 0.1) is 35.7 Å². The first kappa shape index (κ1) is 18.8. The average Bonchev–Trinajstić information content (AvgIpc) is 2.95. The van der Waals surface area contributed by atoms with Crippen LogP contribution in [0.25, 0.3) is 0 Å². The highest BCUT2D eigenvalue weighted by Crippen LogP contribution is 2.23. The third-order valence-corrected chi connectivity index (χ3v) is 7.55. The first-order valence-corrected chi connectivity index (χ1v) is 10.8. The van der Waals surface area contributed by atoms with E-state index in [0.29, 0.717) is 18.9 Å². The highest BCUT2D eigenvalue weighted by Gasteiger charge is 2.27. The molecular weight excluding hydrogens is 380 g/mol. The summed E-state index contributed by atoms with van der Waals surface area (Å²) in [6.45, 7) is 2.86. The Kier molecular flexibility index (Phi) is 5.06. The molecule has 1 aromatic heterocycles. The summed E-state index contributed by atoms with van der Waals surface area (Å²) in [6, 6.07) is 5.76. The molecule has 2 heterocycles. The average molecular weight is 400 g/mol. The standard InChI is InChI=1S/C15H20N4O5S2/c1-12-15(11-16-18(12)2)25(20,21)17-13-4-3-5-14(10-13)26(22,23)19-6-8-24-9-7-19/h3-5,10-11,17H,6-9H2,1-2H3. The predicted molar refractivity (Wildman–Crippen MR) is 94.8 cm³/mol. The van der Waals surface area contributed by atoms with Crippen LogP contribution in [0.15, 0.2) is 40.3 Å². The van der Waals surface area contributed by atoms with Gasteiger partial charge in [0.2, 0.25) is 10.0 Å². The van der Waals surface area contributed by atoms with Gasteiger partial charge in [0.15, 0.2) is 0 Å². The fourth-order valence-corrected chi connectivity index (χ4v) is 5.32. The topological polar surface area (TPSA) is 111 Å². The van der Waals surface area contributed by atoms with E-state index in [9.17, 15) is 16.8 Å². The number of sulfonamides is 2. The monoisotopic (exact) mass is 400 g/mol. The molecule has 9 nitrogen and oxygen atoms in total. The Morgan fingerprint density at radius 1 is 1.15 bits per heavy atom. The second-order valence-corrected chi connectivity index (χ2v) is 9.46. The van der Waals surface area contributed by atoms with Crippen molar-refractivity contribution in [1.82, 2.24) is 14.1 Å². The van der Waals surface area contributed by atoms with Crippen LogP contribution in [0.4, 0.5) is 5.69 Å². The molecule has 1 fully saturated rings. The second kappa shape index (κ2) is 6.99. The van der Waals surface area contributed by atoms with Gasteiger partial charge in [0, 0.05) is 20.1 Å². The van der Waals surface area contributed by atoms with E-state index in [1.807, 2.05) is 0 Å². The molecule has 2 aromatic rings. The van der Waals surface area contributed by atoms with Crippen molar-refractivity contribution >= 4 is 25.7 Å². The summed E-state index contributed by atoms with van der Waals surface area (Å²) in [5, 5.41) is 3.93. The summed E-state index contributed by atoms with van der Waals surface area (Å²) < 4.78 is 60.9. The first-order chi connectivity index (χ1) is 12.2. The summed E-state index contributed by atoms with van der Waals surface area (Å²) in [7, 11) is -5.94. The number of morpholine rings is 1. The lowest BCUT2D eigenvalue weighted by molar-refractivity contribution is 0.0730. The Morgan fingerprint density at radius 2 is 1.85 bits per heavy atom. The van der Waals surface area contributed by atoms with Crippen molar-refractivity contribution in [2.24, 2.45) is 7.05 Å². The number of rotatable bonds is 5. The van der Waals surface area contributed by atoms with E-state index in [1.165, 1.54) is 39.4 Å². The van der Waals surface area contributed by atoms with Crippen LogP contribution in [0, 0.1) is 6.92 Å². The molecule has 1 aliphatic heterocycles. The second-order valence-electron chi connectivity index (χ2n) is 5.87. The fraction of sp³-hybridized carbons (Fsp3) is 0.400. The maximum Gasteiger partial charge on any atom is 0.265 e. The highest BCUT2D eigenvalue weighted by molar-refractivity contribution is 7.92. The number of hydrogen-bond acceptors (Lipinski definition) is 6. The quantitative estimate of drug-likeness (QED) is 0.785. The van der Waals surface area contributed by atoms with Crippen molar-refractivity contribution in [3.8, 4) is 0 Å². The zero-order valence-corrected chi connectivity index (χ0v) is 16.0. The van der Waals surface area contributed by atoms with Crippen molar-refractivity contribution in [2.75, 3.05) is 31.0 Å².